The molecule has 3 aromatic rings. The Labute approximate surface area is 132 Å². The van der Waals surface area contributed by atoms with Gasteiger partial charge < -0.3 is 15.0 Å². The lowest BCUT2D eigenvalue weighted by Gasteiger charge is -2.16. The highest BCUT2D eigenvalue weighted by atomic mass is 16.5. The van der Waals surface area contributed by atoms with Crippen molar-refractivity contribution in [2.24, 2.45) is 0 Å². The fourth-order valence-electron chi connectivity index (χ4n) is 2.70. The molecule has 4 rings (SSSR count). The molecular weight excluding hydrogens is 294 g/mol. The molecule has 2 N–H and O–H groups in total. The van der Waals surface area contributed by atoms with Gasteiger partial charge in [0.05, 0.1) is 18.8 Å². The van der Waals surface area contributed by atoms with Gasteiger partial charge in [-0.05, 0) is 31.0 Å². The van der Waals surface area contributed by atoms with Gasteiger partial charge in [0, 0.05) is 24.2 Å². The maximum absolute atomic E-state index is 5.21. The van der Waals surface area contributed by atoms with Crippen molar-refractivity contribution in [1.29, 1.82) is 0 Å². The number of hydrogen-bond donors (Lipinski definition) is 2. The summed E-state index contributed by atoms with van der Waals surface area (Å²) in [5.74, 6) is 1.13. The zero-order chi connectivity index (χ0) is 15.6. The number of nitrogens with one attached hydrogen (secondary N) is 2. The van der Waals surface area contributed by atoms with Gasteiger partial charge >= 0.3 is 6.01 Å². The van der Waals surface area contributed by atoms with Crippen LogP contribution in [0.4, 0.5) is 17.6 Å². The summed E-state index contributed by atoms with van der Waals surface area (Å²) in [6.45, 7) is 1.93. The molecule has 0 atom stereocenters. The van der Waals surface area contributed by atoms with Gasteiger partial charge in [-0.25, -0.2) is 0 Å². The first kappa shape index (κ1) is 13.7. The number of methoxy groups -OCH3 is 1. The molecule has 8 heteroatoms. The predicted molar refractivity (Wildman–Crippen MR) is 87.2 cm³/mol. The van der Waals surface area contributed by atoms with Crippen LogP contribution >= 0.6 is 0 Å². The molecule has 3 heterocycles. The van der Waals surface area contributed by atoms with E-state index in [1.165, 1.54) is 0 Å². The van der Waals surface area contributed by atoms with Crippen LogP contribution in [0.1, 0.15) is 12.8 Å². The van der Waals surface area contributed by atoms with Crippen molar-refractivity contribution in [2.75, 3.05) is 30.4 Å². The first-order chi connectivity index (χ1) is 11.3. The van der Waals surface area contributed by atoms with E-state index in [4.69, 9.17) is 4.74 Å². The minimum Gasteiger partial charge on any atom is -0.467 e. The third kappa shape index (κ3) is 2.75. The second-order valence-electron chi connectivity index (χ2n) is 5.44. The molecule has 0 spiro atoms. The number of benzene rings is 1. The van der Waals surface area contributed by atoms with E-state index in [0.717, 1.165) is 42.5 Å². The lowest BCUT2D eigenvalue weighted by molar-refractivity contribution is 0.379. The minimum atomic E-state index is 0.314. The minimum absolute atomic E-state index is 0.314. The van der Waals surface area contributed by atoms with Gasteiger partial charge in [0.15, 0.2) is 0 Å². The molecule has 8 nitrogen and oxygen atoms in total. The molecule has 1 aliphatic heterocycles. The van der Waals surface area contributed by atoms with Crippen molar-refractivity contribution in [2.45, 2.75) is 12.8 Å². The maximum atomic E-state index is 5.21. The van der Waals surface area contributed by atoms with Gasteiger partial charge in [0.2, 0.25) is 11.9 Å². The molecule has 0 unspecified atom stereocenters. The largest absolute Gasteiger partial charge is 0.467 e. The van der Waals surface area contributed by atoms with E-state index in [2.05, 4.69) is 35.4 Å². The topological polar surface area (TPSA) is 91.8 Å². The zero-order valence-corrected chi connectivity index (χ0v) is 12.8. The SMILES string of the molecule is COc1nc(Nc2ccc3[nH]ncc3c2)nc(N2CCCC2)n1. The number of fused-ring (bicyclic) bond motifs is 1. The van der Waals surface area contributed by atoms with E-state index in [0.29, 0.717) is 17.9 Å². The van der Waals surface area contributed by atoms with E-state index < -0.39 is 0 Å². The Morgan fingerprint density at radius 1 is 1.17 bits per heavy atom. The second-order valence-corrected chi connectivity index (χ2v) is 5.44. The fourth-order valence-corrected chi connectivity index (χ4v) is 2.70. The molecular formula is C15H17N7O. The zero-order valence-electron chi connectivity index (χ0n) is 12.8. The van der Waals surface area contributed by atoms with Crippen molar-refractivity contribution in [1.82, 2.24) is 25.1 Å². The third-order valence-corrected chi connectivity index (χ3v) is 3.87. The van der Waals surface area contributed by atoms with Crippen LogP contribution in [0.25, 0.3) is 10.9 Å². The van der Waals surface area contributed by atoms with Crippen LogP contribution in [0, 0.1) is 0 Å². The Kier molecular flexibility index (Phi) is 3.41. The van der Waals surface area contributed by atoms with Crippen LogP contribution in [-0.4, -0.2) is 45.3 Å². The third-order valence-electron chi connectivity index (χ3n) is 3.87. The summed E-state index contributed by atoms with van der Waals surface area (Å²) in [5, 5.41) is 11.2. The Balaban J connectivity index is 1.65. The van der Waals surface area contributed by atoms with Crippen molar-refractivity contribution in [3.63, 3.8) is 0 Å². The monoisotopic (exact) mass is 311 g/mol. The van der Waals surface area contributed by atoms with Gasteiger partial charge in [-0.2, -0.15) is 20.1 Å². The van der Waals surface area contributed by atoms with E-state index in [-0.39, 0.29) is 0 Å². The Bertz CT molecular complexity index is 826. The first-order valence-electron chi connectivity index (χ1n) is 7.57. The van der Waals surface area contributed by atoms with Crippen LogP contribution in [0.15, 0.2) is 24.4 Å². The molecule has 23 heavy (non-hydrogen) atoms. The summed E-state index contributed by atoms with van der Waals surface area (Å²) in [5.41, 5.74) is 1.88. The molecule has 1 aliphatic rings. The summed E-state index contributed by atoms with van der Waals surface area (Å²) in [6, 6.07) is 6.22. The quantitative estimate of drug-likeness (QED) is 0.762. The van der Waals surface area contributed by atoms with Gasteiger partial charge in [-0.1, -0.05) is 0 Å². The van der Waals surface area contributed by atoms with Crippen LogP contribution in [0.5, 0.6) is 6.01 Å². The second kappa shape index (κ2) is 5.71. The number of H-pyrrole nitrogens is 1. The average Bonchev–Trinajstić information content (AvgIpc) is 3.25. The number of hydrogen-bond acceptors (Lipinski definition) is 7. The summed E-state index contributed by atoms with van der Waals surface area (Å²) in [7, 11) is 1.56. The number of ether oxygens (including phenoxy) is 1. The highest BCUT2D eigenvalue weighted by Gasteiger charge is 2.17. The van der Waals surface area contributed by atoms with Gasteiger partial charge in [0.1, 0.15) is 0 Å². The average molecular weight is 311 g/mol. The molecule has 1 aromatic carbocycles. The summed E-state index contributed by atoms with van der Waals surface area (Å²) in [4.78, 5) is 15.3. The molecule has 1 fully saturated rings. The summed E-state index contributed by atoms with van der Waals surface area (Å²) < 4.78 is 5.21. The molecule has 1 saturated heterocycles. The lowest BCUT2D eigenvalue weighted by Crippen LogP contribution is -2.21. The molecule has 0 bridgehead atoms. The molecule has 118 valence electrons. The normalized spacial score (nSPS) is 14.4. The van der Waals surface area contributed by atoms with E-state index in [9.17, 15) is 0 Å². The Morgan fingerprint density at radius 2 is 2.04 bits per heavy atom. The molecule has 0 aliphatic carbocycles. The van der Waals surface area contributed by atoms with Gasteiger partial charge in [-0.3, -0.25) is 5.10 Å². The molecule has 0 saturated carbocycles. The number of nitrogens with zero attached hydrogens (tertiary/aromatic N) is 5. The van der Waals surface area contributed by atoms with Crippen LogP contribution in [-0.2, 0) is 0 Å². The fraction of sp³-hybridized carbons (Fsp3) is 0.333. The molecule has 0 amide bonds. The molecule has 2 aromatic heterocycles. The Morgan fingerprint density at radius 3 is 2.87 bits per heavy atom. The Hall–Kier alpha value is -2.90. The summed E-state index contributed by atoms with van der Waals surface area (Å²) in [6.07, 6.45) is 4.10. The van der Waals surface area contributed by atoms with E-state index >= 15 is 0 Å². The van der Waals surface area contributed by atoms with E-state index in [1.54, 1.807) is 13.3 Å². The number of aromatic amines is 1. The van der Waals surface area contributed by atoms with Crippen LogP contribution in [0.2, 0.25) is 0 Å². The van der Waals surface area contributed by atoms with Crippen molar-refractivity contribution in [3.05, 3.63) is 24.4 Å². The van der Waals surface area contributed by atoms with Crippen molar-refractivity contribution >= 4 is 28.5 Å². The number of anilines is 3. The van der Waals surface area contributed by atoms with Gasteiger partial charge in [-0.15, -0.1) is 0 Å². The number of aromatic nitrogens is 5. The number of rotatable bonds is 4. The standard InChI is InChI=1S/C15H17N7O/c1-23-15-19-13(18-14(20-15)22-6-2-3-7-22)17-11-4-5-12-10(8-11)9-16-21-12/h4-5,8-9H,2-3,6-7H2,1H3,(H,16,21)(H,17,18,19,20). The maximum Gasteiger partial charge on any atom is 0.322 e. The van der Waals surface area contributed by atoms with Crippen LogP contribution in [0.3, 0.4) is 0 Å². The van der Waals surface area contributed by atoms with Crippen molar-refractivity contribution < 1.29 is 4.74 Å². The predicted octanol–water partition coefficient (Wildman–Crippen LogP) is 2.10. The van der Waals surface area contributed by atoms with E-state index in [1.807, 2.05) is 18.2 Å². The highest BCUT2D eigenvalue weighted by Crippen LogP contribution is 2.23. The van der Waals surface area contributed by atoms with Crippen LogP contribution < -0.4 is 15.0 Å². The lowest BCUT2D eigenvalue weighted by atomic mass is 10.2. The summed E-state index contributed by atoms with van der Waals surface area (Å²) >= 11 is 0. The molecule has 0 radical (unpaired) electrons. The smallest absolute Gasteiger partial charge is 0.322 e. The first-order valence-corrected chi connectivity index (χ1v) is 7.57. The van der Waals surface area contributed by atoms with Crippen molar-refractivity contribution in [3.8, 4) is 6.01 Å². The highest BCUT2D eigenvalue weighted by molar-refractivity contribution is 5.82. The van der Waals surface area contributed by atoms with Gasteiger partial charge in [0.25, 0.3) is 0 Å².